The third kappa shape index (κ3) is 4.03. The quantitative estimate of drug-likeness (QED) is 0.643. The largest absolute Gasteiger partial charge is 0.454 e. The Bertz CT molecular complexity index is 880. The monoisotopic (exact) mass is 416 g/mol. The van der Waals surface area contributed by atoms with Crippen molar-refractivity contribution in [1.82, 2.24) is 15.1 Å². The van der Waals surface area contributed by atoms with Crippen LogP contribution in [-0.2, 0) is 20.9 Å². The van der Waals surface area contributed by atoms with Gasteiger partial charge in [0.15, 0.2) is 11.5 Å². The summed E-state index contributed by atoms with van der Waals surface area (Å²) in [4.78, 5) is 51.5. The smallest absolute Gasteiger partial charge is 0.325 e. The minimum Gasteiger partial charge on any atom is -0.454 e. The van der Waals surface area contributed by atoms with Crippen molar-refractivity contribution in [3.05, 3.63) is 23.8 Å². The van der Waals surface area contributed by atoms with Crippen LogP contribution in [0.3, 0.4) is 0 Å². The molecular weight excluding hydrogens is 392 g/mol. The van der Waals surface area contributed by atoms with Gasteiger partial charge < -0.3 is 25.4 Å². The number of benzene rings is 1. The van der Waals surface area contributed by atoms with Crippen molar-refractivity contribution in [2.24, 2.45) is 11.7 Å². The summed E-state index contributed by atoms with van der Waals surface area (Å²) in [6.07, 6.45) is 1.50. The number of nitrogens with one attached hydrogen (secondary N) is 1. The average molecular weight is 416 g/mol. The summed E-state index contributed by atoms with van der Waals surface area (Å²) in [7, 11) is 0. The minimum absolute atomic E-state index is 0.0887. The van der Waals surface area contributed by atoms with E-state index < -0.39 is 12.1 Å². The highest BCUT2D eigenvalue weighted by atomic mass is 16.7. The number of carbonyl (C=O) groups is 4. The summed E-state index contributed by atoms with van der Waals surface area (Å²) >= 11 is 0. The maximum Gasteiger partial charge on any atom is 0.325 e. The van der Waals surface area contributed by atoms with Gasteiger partial charge in [-0.1, -0.05) is 6.07 Å². The summed E-state index contributed by atoms with van der Waals surface area (Å²) in [5.41, 5.74) is 6.06. The Hall–Kier alpha value is -3.30. The lowest BCUT2D eigenvalue weighted by Crippen LogP contribution is -2.42. The number of hydrogen-bond acceptors (Lipinski definition) is 6. The van der Waals surface area contributed by atoms with Crippen LogP contribution in [0.2, 0.25) is 0 Å². The van der Waals surface area contributed by atoms with Crippen molar-refractivity contribution < 1.29 is 28.7 Å². The average Bonchev–Trinajstić information content (AvgIpc) is 3.31. The van der Waals surface area contributed by atoms with Crippen LogP contribution in [0.15, 0.2) is 18.2 Å². The Balaban J connectivity index is 1.29. The maximum atomic E-state index is 12.7. The van der Waals surface area contributed by atoms with Gasteiger partial charge >= 0.3 is 6.03 Å². The van der Waals surface area contributed by atoms with Gasteiger partial charge in [0.05, 0.1) is 6.54 Å². The first-order valence-corrected chi connectivity index (χ1v) is 10.00. The highest BCUT2D eigenvalue weighted by molar-refractivity contribution is 6.04. The van der Waals surface area contributed by atoms with Crippen LogP contribution < -0.4 is 20.5 Å². The number of primary amides is 1. The molecule has 5 amide bonds. The van der Waals surface area contributed by atoms with Crippen molar-refractivity contribution >= 4 is 23.8 Å². The number of imide groups is 1. The molecule has 10 nitrogen and oxygen atoms in total. The summed E-state index contributed by atoms with van der Waals surface area (Å²) in [6, 6.07) is 4.07. The Labute approximate surface area is 173 Å². The van der Waals surface area contributed by atoms with Crippen LogP contribution in [0, 0.1) is 5.92 Å². The molecule has 0 saturated carbocycles. The minimum atomic E-state index is -0.724. The number of amides is 5. The van der Waals surface area contributed by atoms with Crippen molar-refractivity contribution in [3.8, 4) is 11.5 Å². The third-order valence-electron chi connectivity index (χ3n) is 5.78. The molecule has 0 bridgehead atoms. The predicted octanol–water partition coefficient (Wildman–Crippen LogP) is 0.340. The van der Waals surface area contributed by atoms with Gasteiger partial charge in [-0.2, -0.15) is 0 Å². The van der Waals surface area contributed by atoms with Crippen LogP contribution in [0.5, 0.6) is 11.5 Å². The van der Waals surface area contributed by atoms with Gasteiger partial charge in [0.2, 0.25) is 18.6 Å². The van der Waals surface area contributed by atoms with E-state index in [0.717, 1.165) is 10.5 Å². The lowest BCUT2D eigenvalue weighted by molar-refractivity contribution is -0.135. The maximum absolute atomic E-state index is 12.7. The second-order valence-electron chi connectivity index (χ2n) is 7.71. The Morgan fingerprint density at radius 2 is 1.87 bits per heavy atom. The number of fused-ring (bicyclic) bond motifs is 1. The van der Waals surface area contributed by atoms with Gasteiger partial charge in [0.25, 0.3) is 5.91 Å². The number of carbonyl (C=O) groups excluding carboxylic acids is 4. The topological polar surface area (TPSA) is 131 Å². The molecule has 2 saturated heterocycles. The molecule has 3 heterocycles. The van der Waals surface area contributed by atoms with E-state index in [-0.39, 0.29) is 49.8 Å². The summed E-state index contributed by atoms with van der Waals surface area (Å²) in [6.45, 7) is 1.23. The number of nitrogens with two attached hydrogens (primary N) is 1. The van der Waals surface area contributed by atoms with E-state index in [2.05, 4.69) is 5.32 Å². The molecule has 160 valence electrons. The van der Waals surface area contributed by atoms with E-state index in [1.54, 1.807) is 23.1 Å². The Morgan fingerprint density at radius 3 is 2.60 bits per heavy atom. The Morgan fingerprint density at radius 1 is 1.13 bits per heavy atom. The van der Waals surface area contributed by atoms with Gasteiger partial charge in [-0.15, -0.1) is 0 Å². The van der Waals surface area contributed by atoms with Crippen LogP contribution in [0.25, 0.3) is 0 Å². The highest BCUT2D eigenvalue weighted by Gasteiger charge is 2.38. The number of ether oxygens (including phenoxy) is 2. The molecule has 0 aromatic heterocycles. The standard InChI is InChI=1S/C20H24N4O6/c21-18(26)13-5-7-23(8-6-13)17(25)4-2-14-19(27)24(20(28)22-14)10-12-1-3-15-16(9-12)30-11-29-15/h1,3,9,13-14H,2,4-8,10-11H2,(H2,21,26)(H,22,28)/t14-/m0/s1. The molecule has 0 unspecified atom stereocenters. The van der Waals surface area contributed by atoms with E-state index in [4.69, 9.17) is 15.2 Å². The number of hydrogen-bond donors (Lipinski definition) is 2. The van der Waals surface area contributed by atoms with E-state index in [9.17, 15) is 19.2 Å². The van der Waals surface area contributed by atoms with Crippen molar-refractivity contribution in [3.63, 3.8) is 0 Å². The van der Waals surface area contributed by atoms with Crippen LogP contribution >= 0.6 is 0 Å². The fraction of sp³-hybridized carbons (Fsp3) is 0.500. The zero-order valence-electron chi connectivity index (χ0n) is 16.5. The normalized spacial score (nSPS) is 21.1. The molecule has 1 aromatic rings. The molecule has 3 N–H and O–H groups in total. The van der Waals surface area contributed by atoms with Gasteiger partial charge in [-0.3, -0.25) is 19.3 Å². The van der Waals surface area contributed by atoms with Gasteiger partial charge in [0.1, 0.15) is 6.04 Å². The highest BCUT2D eigenvalue weighted by Crippen LogP contribution is 2.33. The zero-order valence-corrected chi connectivity index (χ0v) is 16.5. The number of rotatable bonds is 6. The first-order valence-electron chi connectivity index (χ1n) is 10.00. The fourth-order valence-corrected chi connectivity index (χ4v) is 3.98. The molecule has 2 fully saturated rings. The van der Waals surface area contributed by atoms with E-state index >= 15 is 0 Å². The second-order valence-corrected chi connectivity index (χ2v) is 7.71. The van der Waals surface area contributed by atoms with Gasteiger partial charge in [-0.05, 0) is 37.0 Å². The van der Waals surface area contributed by atoms with Crippen LogP contribution in [0.1, 0.15) is 31.2 Å². The molecule has 3 aliphatic heterocycles. The molecule has 0 radical (unpaired) electrons. The summed E-state index contributed by atoms with van der Waals surface area (Å²) in [5, 5.41) is 2.66. The second kappa shape index (κ2) is 8.21. The Kier molecular flexibility index (Phi) is 5.47. The van der Waals surface area contributed by atoms with Gasteiger partial charge in [-0.25, -0.2) is 4.79 Å². The molecule has 0 aliphatic carbocycles. The van der Waals surface area contributed by atoms with E-state index in [1.807, 2.05) is 0 Å². The number of piperidine rings is 1. The van der Waals surface area contributed by atoms with E-state index in [0.29, 0.717) is 37.4 Å². The SMILES string of the molecule is NC(=O)C1CCN(C(=O)CC[C@@H]2NC(=O)N(Cc3ccc4c(c3)OCO4)C2=O)CC1. The molecule has 10 heteroatoms. The first kappa shape index (κ1) is 20.0. The molecule has 0 spiro atoms. The van der Waals surface area contributed by atoms with Crippen molar-refractivity contribution in [1.29, 1.82) is 0 Å². The van der Waals surface area contributed by atoms with Crippen molar-refractivity contribution in [2.75, 3.05) is 19.9 Å². The summed E-state index contributed by atoms with van der Waals surface area (Å²) < 4.78 is 10.6. The molecule has 4 rings (SSSR count). The number of likely N-dealkylation sites (tertiary alicyclic amines) is 1. The number of urea groups is 1. The molecule has 1 atom stereocenters. The fourth-order valence-electron chi connectivity index (χ4n) is 3.98. The molecule has 30 heavy (non-hydrogen) atoms. The van der Waals surface area contributed by atoms with Gasteiger partial charge in [0, 0.05) is 25.4 Å². The van der Waals surface area contributed by atoms with Crippen LogP contribution in [-0.4, -0.2) is 59.5 Å². The van der Waals surface area contributed by atoms with Crippen molar-refractivity contribution in [2.45, 2.75) is 38.3 Å². The molecule has 3 aliphatic rings. The lowest BCUT2D eigenvalue weighted by atomic mass is 9.96. The molecular formula is C20H24N4O6. The summed E-state index contributed by atoms with van der Waals surface area (Å²) in [5.74, 6) is 0.263. The van der Waals surface area contributed by atoms with E-state index in [1.165, 1.54) is 0 Å². The first-order chi connectivity index (χ1) is 14.4. The van der Waals surface area contributed by atoms with Crippen LogP contribution in [0.4, 0.5) is 4.79 Å². The third-order valence-corrected chi connectivity index (χ3v) is 5.78. The number of nitrogens with zero attached hydrogens (tertiary/aromatic N) is 2. The predicted molar refractivity (Wildman–Crippen MR) is 103 cm³/mol. The lowest BCUT2D eigenvalue weighted by Gasteiger charge is -2.30. The zero-order chi connectivity index (χ0) is 21.3. The molecule has 1 aromatic carbocycles.